The Morgan fingerprint density at radius 2 is 1.71 bits per heavy atom. The van der Waals surface area contributed by atoms with Crippen LogP contribution >= 0.6 is 0 Å². The first kappa shape index (κ1) is 15.5. The number of hydrogen-bond donors (Lipinski definition) is 2. The van der Waals surface area contributed by atoms with Crippen molar-refractivity contribution in [1.29, 1.82) is 0 Å². The lowest BCUT2D eigenvalue weighted by molar-refractivity contribution is 0.600. The highest BCUT2D eigenvalue weighted by atomic mass is 32.2. The number of benzene rings is 2. The average molecular weight is 304 g/mol. The van der Waals surface area contributed by atoms with Gasteiger partial charge in [0.1, 0.15) is 0 Å². The predicted molar refractivity (Wildman–Crippen MR) is 85.9 cm³/mol. The van der Waals surface area contributed by atoms with E-state index in [0.29, 0.717) is 17.1 Å². The van der Waals surface area contributed by atoms with Crippen LogP contribution in [0, 0.1) is 13.8 Å². The molecule has 112 valence electrons. The highest BCUT2D eigenvalue weighted by molar-refractivity contribution is 7.92. The molecule has 5 heteroatoms. The van der Waals surface area contributed by atoms with Crippen molar-refractivity contribution < 1.29 is 8.42 Å². The Morgan fingerprint density at radius 3 is 2.33 bits per heavy atom. The summed E-state index contributed by atoms with van der Waals surface area (Å²) in [5.74, 6) is 0. The molecular weight excluding hydrogens is 284 g/mol. The number of anilines is 1. The number of nitrogens with one attached hydrogen (secondary N) is 1. The highest BCUT2D eigenvalue weighted by Crippen LogP contribution is 2.21. The van der Waals surface area contributed by atoms with Crippen molar-refractivity contribution in [2.24, 2.45) is 5.73 Å². The van der Waals surface area contributed by atoms with E-state index in [9.17, 15) is 8.42 Å². The van der Waals surface area contributed by atoms with Crippen LogP contribution in [0.3, 0.4) is 0 Å². The highest BCUT2D eigenvalue weighted by Gasteiger charge is 2.16. The first-order valence-electron chi connectivity index (χ1n) is 6.81. The molecule has 0 saturated carbocycles. The van der Waals surface area contributed by atoms with Gasteiger partial charge in [0, 0.05) is 5.69 Å². The molecular formula is C16H20N2O2S. The van der Waals surface area contributed by atoms with Crippen molar-refractivity contribution in [3.63, 3.8) is 0 Å². The number of sulfonamides is 1. The molecule has 4 nitrogen and oxygen atoms in total. The van der Waals surface area contributed by atoms with Crippen molar-refractivity contribution in [3.8, 4) is 0 Å². The third-order valence-corrected chi connectivity index (χ3v) is 4.80. The second-order valence-corrected chi connectivity index (χ2v) is 6.76. The van der Waals surface area contributed by atoms with Gasteiger partial charge in [-0.2, -0.15) is 0 Å². The minimum absolute atomic E-state index is 0.313. The second kappa shape index (κ2) is 6.28. The van der Waals surface area contributed by atoms with Gasteiger partial charge in [-0.05, 0) is 61.7 Å². The lowest BCUT2D eigenvalue weighted by Gasteiger charge is -2.11. The molecule has 0 amide bonds. The summed E-state index contributed by atoms with van der Waals surface area (Å²) >= 11 is 0. The maximum Gasteiger partial charge on any atom is 0.262 e. The standard InChI is InChI=1S/C16H20N2O2S/c1-12-3-4-13(2)16(11-12)21(19,20)18-15-7-5-14(6-8-15)9-10-17/h3-8,11,18H,9-10,17H2,1-2H3. The van der Waals surface area contributed by atoms with Crippen LogP contribution in [0.5, 0.6) is 0 Å². The molecule has 2 aromatic carbocycles. The summed E-state index contributed by atoms with van der Waals surface area (Å²) in [6, 6.07) is 12.7. The fourth-order valence-corrected chi connectivity index (χ4v) is 3.50. The van der Waals surface area contributed by atoms with Gasteiger partial charge in [0.15, 0.2) is 0 Å². The molecule has 0 radical (unpaired) electrons. The molecule has 2 rings (SSSR count). The normalized spacial score (nSPS) is 11.4. The summed E-state index contributed by atoms with van der Waals surface area (Å²) < 4.78 is 27.5. The van der Waals surface area contributed by atoms with E-state index in [2.05, 4.69) is 4.72 Å². The Hall–Kier alpha value is -1.85. The SMILES string of the molecule is Cc1ccc(C)c(S(=O)(=O)Nc2ccc(CCN)cc2)c1. The number of rotatable bonds is 5. The molecule has 0 unspecified atom stereocenters. The lowest BCUT2D eigenvalue weighted by Crippen LogP contribution is -2.14. The van der Waals surface area contributed by atoms with Crippen molar-refractivity contribution in [3.05, 3.63) is 59.2 Å². The van der Waals surface area contributed by atoms with E-state index in [4.69, 9.17) is 5.73 Å². The van der Waals surface area contributed by atoms with Crippen LogP contribution in [0.15, 0.2) is 47.4 Å². The summed E-state index contributed by atoms with van der Waals surface area (Å²) in [6.07, 6.45) is 0.782. The van der Waals surface area contributed by atoms with E-state index in [1.54, 1.807) is 25.1 Å². The lowest BCUT2D eigenvalue weighted by atomic mass is 10.1. The molecule has 2 aromatic rings. The van der Waals surface area contributed by atoms with Gasteiger partial charge in [-0.15, -0.1) is 0 Å². The molecule has 0 aliphatic carbocycles. The number of hydrogen-bond acceptors (Lipinski definition) is 3. The summed E-state index contributed by atoms with van der Waals surface area (Å²) in [4.78, 5) is 0.313. The van der Waals surface area contributed by atoms with Crippen LogP contribution in [0.2, 0.25) is 0 Å². The summed E-state index contributed by atoms with van der Waals surface area (Å²) in [5, 5.41) is 0. The molecule has 0 atom stereocenters. The number of aryl methyl sites for hydroxylation is 2. The molecule has 3 N–H and O–H groups in total. The van der Waals surface area contributed by atoms with Crippen molar-refractivity contribution in [2.45, 2.75) is 25.2 Å². The Bertz CT molecular complexity index is 722. The van der Waals surface area contributed by atoms with E-state index < -0.39 is 10.0 Å². The minimum Gasteiger partial charge on any atom is -0.330 e. The first-order chi connectivity index (χ1) is 9.92. The largest absolute Gasteiger partial charge is 0.330 e. The van der Waals surface area contributed by atoms with Gasteiger partial charge in [-0.3, -0.25) is 4.72 Å². The van der Waals surface area contributed by atoms with E-state index in [1.807, 2.05) is 31.2 Å². The van der Waals surface area contributed by atoms with Gasteiger partial charge < -0.3 is 5.73 Å². The first-order valence-corrected chi connectivity index (χ1v) is 8.30. The fourth-order valence-electron chi connectivity index (χ4n) is 2.11. The van der Waals surface area contributed by atoms with Crippen molar-refractivity contribution in [1.82, 2.24) is 0 Å². The molecule has 0 aliphatic heterocycles. The zero-order chi connectivity index (χ0) is 15.5. The van der Waals surface area contributed by atoms with Gasteiger partial charge in [-0.1, -0.05) is 24.3 Å². The Labute approximate surface area is 126 Å². The molecule has 0 aliphatic rings. The zero-order valence-electron chi connectivity index (χ0n) is 12.3. The average Bonchev–Trinajstić information content (AvgIpc) is 2.43. The quantitative estimate of drug-likeness (QED) is 0.892. The fraction of sp³-hybridized carbons (Fsp3) is 0.250. The van der Waals surface area contributed by atoms with Crippen molar-refractivity contribution in [2.75, 3.05) is 11.3 Å². The predicted octanol–water partition coefficient (Wildman–Crippen LogP) is 2.61. The minimum atomic E-state index is -3.57. The Balaban J connectivity index is 2.26. The van der Waals surface area contributed by atoms with Gasteiger partial charge in [0.05, 0.1) is 4.90 Å². The summed E-state index contributed by atoms with van der Waals surface area (Å²) in [5.41, 5.74) is 8.78. The summed E-state index contributed by atoms with van der Waals surface area (Å²) in [6.45, 7) is 4.24. The van der Waals surface area contributed by atoms with E-state index in [0.717, 1.165) is 23.1 Å². The third-order valence-electron chi connectivity index (χ3n) is 3.27. The van der Waals surface area contributed by atoms with Gasteiger partial charge in [0.25, 0.3) is 10.0 Å². The van der Waals surface area contributed by atoms with Crippen LogP contribution in [0.4, 0.5) is 5.69 Å². The summed E-state index contributed by atoms with van der Waals surface area (Å²) in [7, 11) is -3.57. The van der Waals surface area contributed by atoms with Gasteiger partial charge >= 0.3 is 0 Å². The molecule has 0 fully saturated rings. The van der Waals surface area contributed by atoms with Crippen LogP contribution in [0.1, 0.15) is 16.7 Å². The molecule has 0 heterocycles. The van der Waals surface area contributed by atoms with E-state index >= 15 is 0 Å². The van der Waals surface area contributed by atoms with E-state index in [-0.39, 0.29) is 0 Å². The maximum atomic E-state index is 12.5. The molecule has 0 spiro atoms. The molecule has 0 bridgehead atoms. The second-order valence-electron chi connectivity index (χ2n) is 5.11. The van der Waals surface area contributed by atoms with Crippen LogP contribution in [0.25, 0.3) is 0 Å². The van der Waals surface area contributed by atoms with Crippen molar-refractivity contribution >= 4 is 15.7 Å². The van der Waals surface area contributed by atoms with Crippen LogP contribution in [-0.4, -0.2) is 15.0 Å². The molecule has 0 saturated heterocycles. The van der Waals surface area contributed by atoms with Crippen LogP contribution in [-0.2, 0) is 16.4 Å². The maximum absolute atomic E-state index is 12.5. The molecule has 0 aromatic heterocycles. The topological polar surface area (TPSA) is 72.2 Å². The Kier molecular flexibility index (Phi) is 4.65. The Morgan fingerprint density at radius 1 is 1.05 bits per heavy atom. The zero-order valence-corrected chi connectivity index (χ0v) is 13.1. The number of nitrogens with two attached hydrogens (primary N) is 1. The van der Waals surface area contributed by atoms with Gasteiger partial charge in [0.2, 0.25) is 0 Å². The monoisotopic (exact) mass is 304 g/mol. The van der Waals surface area contributed by atoms with E-state index in [1.165, 1.54) is 0 Å². The molecule has 21 heavy (non-hydrogen) atoms. The third kappa shape index (κ3) is 3.83. The smallest absolute Gasteiger partial charge is 0.262 e. The van der Waals surface area contributed by atoms with Gasteiger partial charge in [-0.25, -0.2) is 8.42 Å². The van der Waals surface area contributed by atoms with Crippen LogP contribution < -0.4 is 10.5 Å².